The number of hydrogen-bond donors (Lipinski definition) is 2. The van der Waals surface area contributed by atoms with E-state index < -0.39 is 20.7 Å². The third-order valence-corrected chi connectivity index (χ3v) is 3.55. The lowest BCUT2D eigenvalue weighted by Crippen LogP contribution is -2.30. The minimum Gasteiger partial charge on any atom is -0.392 e. The van der Waals surface area contributed by atoms with Crippen molar-refractivity contribution < 1.29 is 17.9 Å². The Morgan fingerprint density at radius 3 is 2.50 bits per heavy atom. The molecule has 0 unspecified atom stereocenters. The maximum atomic E-state index is 13.5. The molecule has 1 rings (SSSR count). The zero-order valence-electron chi connectivity index (χ0n) is 9.07. The van der Waals surface area contributed by atoms with Crippen molar-refractivity contribution in [2.75, 3.05) is 0 Å². The molecule has 0 spiro atoms. The first kappa shape index (κ1) is 13.1. The summed E-state index contributed by atoms with van der Waals surface area (Å²) >= 11 is 0. The summed E-state index contributed by atoms with van der Waals surface area (Å²) in [7, 11) is -3.82. The first-order chi connectivity index (χ1) is 7.36. The number of halogens is 1. The van der Waals surface area contributed by atoms with Crippen molar-refractivity contribution in [1.82, 2.24) is 4.72 Å². The van der Waals surface area contributed by atoms with Gasteiger partial charge in [0.2, 0.25) is 10.0 Å². The fourth-order valence-corrected chi connectivity index (χ4v) is 2.54. The van der Waals surface area contributed by atoms with Crippen LogP contribution in [-0.4, -0.2) is 19.6 Å². The summed E-state index contributed by atoms with van der Waals surface area (Å²) in [5.41, 5.74) is 0.334. The van der Waals surface area contributed by atoms with Crippen molar-refractivity contribution in [2.45, 2.75) is 31.4 Å². The Bertz CT molecular complexity index is 471. The van der Waals surface area contributed by atoms with E-state index in [-0.39, 0.29) is 12.6 Å². The van der Waals surface area contributed by atoms with Gasteiger partial charge in [0.1, 0.15) is 10.7 Å². The highest BCUT2D eigenvalue weighted by molar-refractivity contribution is 7.89. The average Bonchev–Trinajstić information content (AvgIpc) is 2.14. The highest BCUT2D eigenvalue weighted by atomic mass is 32.2. The van der Waals surface area contributed by atoms with Gasteiger partial charge in [-0.2, -0.15) is 0 Å². The monoisotopic (exact) mass is 247 g/mol. The zero-order valence-corrected chi connectivity index (χ0v) is 9.88. The number of aliphatic hydroxyl groups is 1. The third-order valence-electron chi connectivity index (χ3n) is 1.86. The van der Waals surface area contributed by atoms with Gasteiger partial charge in [0.05, 0.1) is 6.61 Å². The molecule has 0 aliphatic heterocycles. The Balaban J connectivity index is 3.14. The second kappa shape index (κ2) is 4.90. The predicted octanol–water partition coefficient (Wildman–Crippen LogP) is 1.00. The standard InChI is InChI=1S/C10H14FNO3S/c1-7(2)12-16(14,15)10-4-3-8(6-13)5-9(10)11/h3-5,7,12-13H,6H2,1-2H3. The largest absolute Gasteiger partial charge is 0.392 e. The van der Waals surface area contributed by atoms with Crippen LogP contribution in [0.25, 0.3) is 0 Å². The van der Waals surface area contributed by atoms with Gasteiger partial charge < -0.3 is 5.11 Å². The van der Waals surface area contributed by atoms with Gasteiger partial charge in [0, 0.05) is 6.04 Å². The van der Waals surface area contributed by atoms with E-state index in [1.807, 2.05) is 0 Å². The van der Waals surface area contributed by atoms with Gasteiger partial charge in [-0.3, -0.25) is 0 Å². The fourth-order valence-electron chi connectivity index (χ4n) is 1.23. The van der Waals surface area contributed by atoms with Crippen molar-refractivity contribution in [1.29, 1.82) is 0 Å². The normalized spacial score (nSPS) is 12.1. The molecule has 6 heteroatoms. The van der Waals surface area contributed by atoms with Crippen LogP contribution in [0.2, 0.25) is 0 Å². The number of hydrogen-bond acceptors (Lipinski definition) is 3. The molecule has 0 saturated carbocycles. The van der Waals surface area contributed by atoms with Crippen LogP contribution in [0.15, 0.2) is 23.1 Å². The van der Waals surface area contributed by atoms with E-state index in [4.69, 9.17) is 5.11 Å². The minimum absolute atomic E-state index is 0.304. The highest BCUT2D eigenvalue weighted by Crippen LogP contribution is 2.16. The van der Waals surface area contributed by atoms with Crippen LogP contribution in [-0.2, 0) is 16.6 Å². The van der Waals surface area contributed by atoms with Crippen molar-refractivity contribution in [3.8, 4) is 0 Å². The molecule has 1 aromatic rings. The second-order valence-corrected chi connectivity index (χ2v) is 5.38. The molecule has 0 saturated heterocycles. The van der Waals surface area contributed by atoms with Crippen molar-refractivity contribution in [2.24, 2.45) is 0 Å². The molecule has 1 aromatic carbocycles. The molecule has 0 amide bonds. The van der Waals surface area contributed by atoms with Crippen LogP contribution < -0.4 is 4.72 Å². The van der Waals surface area contributed by atoms with E-state index in [1.54, 1.807) is 13.8 Å². The highest BCUT2D eigenvalue weighted by Gasteiger charge is 2.19. The lowest BCUT2D eigenvalue weighted by Gasteiger charge is -2.10. The lowest BCUT2D eigenvalue weighted by molar-refractivity contribution is 0.281. The molecule has 90 valence electrons. The first-order valence-corrected chi connectivity index (χ1v) is 6.26. The van der Waals surface area contributed by atoms with Gasteiger partial charge in [-0.15, -0.1) is 0 Å². The molecule has 2 N–H and O–H groups in total. The lowest BCUT2D eigenvalue weighted by atomic mass is 10.2. The smallest absolute Gasteiger partial charge is 0.243 e. The Hall–Kier alpha value is -0.980. The molecule has 0 fully saturated rings. The van der Waals surface area contributed by atoms with Crippen LogP contribution in [0.5, 0.6) is 0 Å². The Labute approximate surface area is 94.2 Å². The van der Waals surface area contributed by atoms with Gasteiger partial charge in [-0.05, 0) is 31.5 Å². The predicted molar refractivity (Wildman–Crippen MR) is 57.8 cm³/mol. The summed E-state index contributed by atoms with van der Waals surface area (Å²) in [6, 6.07) is 3.22. The molecule has 4 nitrogen and oxygen atoms in total. The quantitative estimate of drug-likeness (QED) is 0.834. The van der Waals surface area contributed by atoms with E-state index in [9.17, 15) is 12.8 Å². The van der Waals surface area contributed by atoms with Gasteiger partial charge in [-0.25, -0.2) is 17.5 Å². The maximum absolute atomic E-state index is 13.5. The van der Waals surface area contributed by atoms with Crippen LogP contribution in [0.3, 0.4) is 0 Å². The van der Waals surface area contributed by atoms with Crippen molar-refractivity contribution in [3.05, 3.63) is 29.6 Å². The number of sulfonamides is 1. The molecule has 0 aliphatic rings. The van der Waals surface area contributed by atoms with Crippen LogP contribution in [0.1, 0.15) is 19.4 Å². The van der Waals surface area contributed by atoms with E-state index >= 15 is 0 Å². The molecule has 0 aliphatic carbocycles. The summed E-state index contributed by atoms with van der Waals surface area (Å²) < 4.78 is 39.0. The summed E-state index contributed by atoms with van der Waals surface area (Å²) in [5, 5.41) is 8.77. The van der Waals surface area contributed by atoms with Gasteiger partial charge in [0.25, 0.3) is 0 Å². The molecular formula is C10H14FNO3S. The molecule has 0 aromatic heterocycles. The van der Waals surface area contributed by atoms with E-state index in [0.717, 1.165) is 12.1 Å². The SMILES string of the molecule is CC(C)NS(=O)(=O)c1ccc(CO)cc1F. The van der Waals surface area contributed by atoms with Gasteiger partial charge in [-0.1, -0.05) is 6.07 Å². The minimum atomic E-state index is -3.82. The van der Waals surface area contributed by atoms with Crippen molar-refractivity contribution >= 4 is 10.0 Å². The molecule has 0 bridgehead atoms. The third kappa shape index (κ3) is 3.01. The topological polar surface area (TPSA) is 66.4 Å². The Morgan fingerprint density at radius 2 is 2.06 bits per heavy atom. The molecule has 0 radical (unpaired) electrons. The Kier molecular flexibility index (Phi) is 4.01. The van der Waals surface area contributed by atoms with Crippen molar-refractivity contribution in [3.63, 3.8) is 0 Å². The van der Waals surface area contributed by atoms with Crippen LogP contribution in [0.4, 0.5) is 4.39 Å². The van der Waals surface area contributed by atoms with E-state index in [0.29, 0.717) is 5.56 Å². The average molecular weight is 247 g/mol. The first-order valence-electron chi connectivity index (χ1n) is 4.78. The molecule has 0 atom stereocenters. The van der Waals surface area contributed by atoms with Gasteiger partial charge >= 0.3 is 0 Å². The maximum Gasteiger partial charge on any atom is 0.243 e. The number of rotatable bonds is 4. The summed E-state index contributed by atoms with van der Waals surface area (Å²) in [6.07, 6.45) is 0. The summed E-state index contributed by atoms with van der Waals surface area (Å²) in [4.78, 5) is -0.404. The second-order valence-electron chi connectivity index (χ2n) is 3.70. The van der Waals surface area contributed by atoms with E-state index in [2.05, 4.69) is 4.72 Å². The van der Waals surface area contributed by atoms with Gasteiger partial charge in [0.15, 0.2) is 0 Å². The summed E-state index contributed by atoms with van der Waals surface area (Å²) in [6.45, 7) is 2.98. The number of nitrogens with one attached hydrogen (secondary N) is 1. The summed E-state index contributed by atoms with van der Waals surface area (Å²) in [5.74, 6) is -0.861. The van der Waals surface area contributed by atoms with Crippen LogP contribution in [0, 0.1) is 5.82 Å². The molecule has 16 heavy (non-hydrogen) atoms. The zero-order chi connectivity index (χ0) is 12.3. The fraction of sp³-hybridized carbons (Fsp3) is 0.400. The number of aliphatic hydroxyl groups excluding tert-OH is 1. The Morgan fingerprint density at radius 1 is 1.44 bits per heavy atom. The molecular weight excluding hydrogens is 233 g/mol. The molecule has 0 heterocycles. The number of benzene rings is 1. The van der Waals surface area contributed by atoms with Crippen LogP contribution >= 0.6 is 0 Å². The van der Waals surface area contributed by atoms with E-state index in [1.165, 1.54) is 6.07 Å².